The van der Waals surface area contributed by atoms with Crippen molar-refractivity contribution in [3.8, 4) is 17.0 Å². The van der Waals surface area contributed by atoms with Gasteiger partial charge in [0.15, 0.2) is 0 Å². The molecule has 1 heterocycles. The zero-order valence-corrected chi connectivity index (χ0v) is 17.4. The van der Waals surface area contributed by atoms with Crippen molar-refractivity contribution in [1.29, 1.82) is 0 Å². The maximum absolute atomic E-state index is 13.3. The van der Waals surface area contributed by atoms with Crippen molar-refractivity contribution in [1.82, 2.24) is 10.3 Å². The number of rotatable bonds is 7. The molecule has 1 fully saturated rings. The summed E-state index contributed by atoms with van der Waals surface area (Å²) in [6.07, 6.45) is 2.28. The lowest BCUT2D eigenvalue weighted by atomic mass is 10.1. The number of alkyl halides is 1. The maximum Gasteiger partial charge on any atom is 0.255 e. The van der Waals surface area contributed by atoms with Crippen LogP contribution in [0.5, 0.6) is 5.75 Å². The van der Waals surface area contributed by atoms with Crippen molar-refractivity contribution in [2.24, 2.45) is 5.92 Å². The molecule has 5 N–H and O–H groups in total. The largest absolute Gasteiger partial charge is 0.507 e. The Kier molecular flexibility index (Phi) is 5.95. The molecule has 0 saturated heterocycles. The van der Waals surface area contributed by atoms with Crippen LogP contribution >= 0.6 is 11.6 Å². The Balaban J connectivity index is 1.58. The van der Waals surface area contributed by atoms with E-state index in [0.29, 0.717) is 51.2 Å². The third kappa shape index (κ3) is 4.88. The van der Waals surface area contributed by atoms with E-state index < -0.39 is 6.67 Å². The molecule has 6 nitrogen and oxygen atoms in total. The van der Waals surface area contributed by atoms with Gasteiger partial charge >= 0.3 is 0 Å². The second kappa shape index (κ2) is 8.81. The third-order valence-electron chi connectivity index (χ3n) is 5.18. The molecule has 0 unspecified atom stereocenters. The number of nitrogens with one attached hydrogen (secondary N) is 2. The average Bonchev–Trinajstić information content (AvgIpc) is 3.59. The predicted octanol–water partition coefficient (Wildman–Crippen LogP) is 5.04. The van der Waals surface area contributed by atoms with Crippen LogP contribution < -0.4 is 16.4 Å². The molecule has 0 radical (unpaired) electrons. The molecule has 3 aromatic rings. The first-order chi connectivity index (χ1) is 14.9. The second-order valence-electron chi connectivity index (χ2n) is 7.57. The molecule has 31 heavy (non-hydrogen) atoms. The SMILES string of the molecule is Nc1nc(-c2cc(Nc3ccc(Cl)cc3CF)ccc2O)ccc1C(=O)NCC1CC1. The molecule has 0 atom stereocenters. The normalized spacial score (nSPS) is 13.1. The molecule has 0 spiro atoms. The van der Waals surface area contributed by atoms with Crippen molar-refractivity contribution in [3.63, 3.8) is 0 Å². The lowest BCUT2D eigenvalue weighted by Crippen LogP contribution is -2.26. The fourth-order valence-electron chi connectivity index (χ4n) is 3.24. The highest BCUT2D eigenvalue weighted by atomic mass is 35.5. The highest BCUT2D eigenvalue weighted by Crippen LogP contribution is 2.34. The number of amides is 1. The van der Waals surface area contributed by atoms with Gasteiger partial charge in [-0.25, -0.2) is 9.37 Å². The van der Waals surface area contributed by atoms with E-state index in [1.54, 1.807) is 42.5 Å². The van der Waals surface area contributed by atoms with Gasteiger partial charge < -0.3 is 21.5 Å². The molecule has 1 aliphatic rings. The molecule has 1 aliphatic carbocycles. The number of hydrogen-bond donors (Lipinski definition) is 4. The van der Waals surface area contributed by atoms with Crippen molar-refractivity contribution in [3.05, 3.63) is 64.7 Å². The first-order valence-electron chi connectivity index (χ1n) is 9.94. The van der Waals surface area contributed by atoms with E-state index in [1.165, 1.54) is 6.07 Å². The molecule has 0 bridgehead atoms. The Bertz CT molecular complexity index is 1130. The van der Waals surface area contributed by atoms with Crippen LogP contribution in [-0.4, -0.2) is 22.5 Å². The van der Waals surface area contributed by atoms with E-state index in [2.05, 4.69) is 15.6 Å². The van der Waals surface area contributed by atoms with Gasteiger partial charge in [-0.05, 0) is 67.3 Å². The predicted molar refractivity (Wildman–Crippen MR) is 120 cm³/mol. The summed E-state index contributed by atoms with van der Waals surface area (Å²) in [5, 5.41) is 16.8. The number of benzene rings is 2. The van der Waals surface area contributed by atoms with Crippen LogP contribution in [0, 0.1) is 5.92 Å². The number of carbonyl (C=O) groups is 1. The van der Waals surface area contributed by atoms with Crippen molar-refractivity contribution in [2.45, 2.75) is 19.5 Å². The Labute approximate surface area is 184 Å². The number of hydrogen-bond acceptors (Lipinski definition) is 5. The van der Waals surface area contributed by atoms with Crippen molar-refractivity contribution in [2.75, 3.05) is 17.6 Å². The molecule has 2 aromatic carbocycles. The van der Waals surface area contributed by atoms with Gasteiger partial charge in [0.05, 0.1) is 11.3 Å². The van der Waals surface area contributed by atoms with Crippen LogP contribution in [0.2, 0.25) is 5.02 Å². The standard InChI is InChI=1S/C23H22ClFN4O2/c24-15-3-6-19(14(9-15)11-25)28-16-4-8-21(30)18(10-16)20-7-5-17(22(26)29-20)23(31)27-12-13-1-2-13/h3-10,13,28,30H,1-2,11-12H2,(H2,26,29)(H,27,31). The van der Waals surface area contributed by atoms with E-state index in [0.717, 1.165) is 12.8 Å². The quantitative estimate of drug-likeness (QED) is 0.385. The van der Waals surface area contributed by atoms with E-state index in [9.17, 15) is 14.3 Å². The first-order valence-corrected chi connectivity index (χ1v) is 10.3. The number of anilines is 3. The van der Waals surface area contributed by atoms with Crippen LogP contribution in [0.25, 0.3) is 11.3 Å². The topological polar surface area (TPSA) is 100 Å². The zero-order chi connectivity index (χ0) is 22.0. The van der Waals surface area contributed by atoms with Gasteiger partial charge in [0.2, 0.25) is 0 Å². The van der Waals surface area contributed by atoms with Crippen LogP contribution in [0.4, 0.5) is 21.6 Å². The summed E-state index contributed by atoms with van der Waals surface area (Å²) in [5.74, 6) is 0.388. The number of pyridine rings is 1. The number of phenols is 1. The highest BCUT2D eigenvalue weighted by Gasteiger charge is 2.22. The van der Waals surface area contributed by atoms with Gasteiger partial charge in [-0.15, -0.1) is 0 Å². The molecule has 8 heteroatoms. The number of nitrogens with two attached hydrogens (primary N) is 1. The van der Waals surface area contributed by atoms with Crippen LogP contribution in [-0.2, 0) is 6.67 Å². The van der Waals surface area contributed by atoms with Crippen LogP contribution in [0.3, 0.4) is 0 Å². The number of phenolic OH excluding ortho intramolecular Hbond substituents is 1. The third-order valence-corrected chi connectivity index (χ3v) is 5.42. The molecule has 1 amide bonds. The Morgan fingerprint density at radius 2 is 2.00 bits per heavy atom. The van der Waals surface area contributed by atoms with Crippen molar-refractivity contribution < 1.29 is 14.3 Å². The van der Waals surface area contributed by atoms with E-state index >= 15 is 0 Å². The minimum atomic E-state index is -0.670. The molecular weight excluding hydrogens is 419 g/mol. The summed E-state index contributed by atoms with van der Waals surface area (Å²) in [5.41, 5.74) is 8.78. The van der Waals surface area contributed by atoms with Crippen molar-refractivity contribution >= 4 is 34.7 Å². The summed E-state index contributed by atoms with van der Waals surface area (Å²) in [6.45, 7) is -0.0315. The van der Waals surface area contributed by atoms with Gasteiger partial charge in [0, 0.05) is 34.1 Å². The maximum atomic E-state index is 13.3. The fourth-order valence-corrected chi connectivity index (χ4v) is 3.44. The lowest BCUT2D eigenvalue weighted by molar-refractivity contribution is 0.0952. The van der Waals surface area contributed by atoms with Gasteiger partial charge in [-0.3, -0.25) is 4.79 Å². The minimum Gasteiger partial charge on any atom is -0.507 e. The Hall–Kier alpha value is -3.32. The minimum absolute atomic E-state index is 0.00482. The number of nitrogen functional groups attached to an aromatic ring is 1. The summed E-state index contributed by atoms with van der Waals surface area (Å²) < 4.78 is 13.3. The Morgan fingerprint density at radius 1 is 1.19 bits per heavy atom. The molecule has 4 rings (SSSR count). The lowest BCUT2D eigenvalue weighted by Gasteiger charge is -2.13. The molecular formula is C23H22ClFN4O2. The first kappa shape index (κ1) is 20.9. The van der Waals surface area contributed by atoms with E-state index in [-0.39, 0.29) is 17.5 Å². The van der Waals surface area contributed by atoms with Gasteiger partial charge in [0.25, 0.3) is 5.91 Å². The van der Waals surface area contributed by atoms with Gasteiger partial charge in [-0.2, -0.15) is 0 Å². The number of aromatic hydroxyl groups is 1. The smallest absolute Gasteiger partial charge is 0.255 e. The summed E-state index contributed by atoms with van der Waals surface area (Å²) in [6, 6.07) is 13.0. The molecule has 0 aliphatic heterocycles. The van der Waals surface area contributed by atoms with Crippen LogP contribution in [0.15, 0.2) is 48.5 Å². The summed E-state index contributed by atoms with van der Waals surface area (Å²) in [7, 11) is 0. The molecule has 1 saturated carbocycles. The number of halogens is 2. The van der Waals surface area contributed by atoms with E-state index in [4.69, 9.17) is 17.3 Å². The monoisotopic (exact) mass is 440 g/mol. The summed E-state index contributed by atoms with van der Waals surface area (Å²) in [4.78, 5) is 16.6. The van der Waals surface area contributed by atoms with Gasteiger partial charge in [-0.1, -0.05) is 11.6 Å². The zero-order valence-electron chi connectivity index (χ0n) is 16.7. The van der Waals surface area contributed by atoms with Gasteiger partial charge in [0.1, 0.15) is 18.2 Å². The van der Waals surface area contributed by atoms with E-state index in [1.807, 2.05) is 0 Å². The molecule has 1 aromatic heterocycles. The summed E-state index contributed by atoms with van der Waals surface area (Å²) >= 11 is 5.94. The highest BCUT2D eigenvalue weighted by molar-refractivity contribution is 6.30. The second-order valence-corrected chi connectivity index (χ2v) is 8.01. The number of carbonyl (C=O) groups excluding carboxylic acids is 1. The van der Waals surface area contributed by atoms with Crippen LogP contribution in [0.1, 0.15) is 28.8 Å². The average molecular weight is 441 g/mol. The Morgan fingerprint density at radius 3 is 2.71 bits per heavy atom. The number of aromatic nitrogens is 1. The number of nitrogens with zero attached hydrogens (tertiary/aromatic N) is 1. The molecule has 160 valence electrons. The fraction of sp³-hybridized carbons (Fsp3) is 0.217.